The van der Waals surface area contributed by atoms with Crippen molar-refractivity contribution in [3.05, 3.63) is 60.6 Å². The van der Waals surface area contributed by atoms with Gasteiger partial charge < -0.3 is 4.98 Å². The van der Waals surface area contributed by atoms with Gasteiger partial charge in [-0.05, 0) is 24.1 Å². The largest absolute Gasteiger partial charge is 0.341 e. The third kappa shape index (κ3) is 3.48. The summed E-state index contributed by atoms with van der Waals surface area (Å²) >= 11 is 0.994. The molecule has 0 fully saturated rings. The summed E-state index contributed by atoms with van der Waals surface area (Å²) in [5.74, 6) is 0.573. The lowest BCUT2D eigenvalue weighted by Gasteiger charge is -2.15. The Kier molecular flexibility index (Phi) is 4.73. The highest BCUT2D eigenvalue weighted by atomic mass is 32.2. The van der Waals surface area contributed by atoms with Crippen molar-refractivity contribution in [2.75, 3.05) is 0 Å². The van der Waals surface area contributed by atoms with Crippen molar-refractivity contribution in [3.8, 4) is 11.3 Å². The third-order valence-electron chi connectivity index (χ3n) is 4.25. The highest BCUT2D eigenvalue weighted by Gasteiger charge is 2.25. The van der Waals surface area contributed by atoms with Crippen LogP contribution in [0.25, 0.3) is 22.3 Å². The first-order chi connectivity index (χ1) is 13.1. The van der Waals surface area contributed by atoms with Gasteiger partial charge in [0.25, 0.3) is 0 Å². The van der Waals surface area contributed by atoms with Gasteiger partial charge in [-0.3, -0.25) is 0 Å². The van der Waals surface area contributed by atoms with Crippen LogP contribution in [-0.4, -0.2) is 27.1 Å². The fraction of sp³-hybridized carbons (Fsp3) is 0.167. The number of aromatic amines is 1. The van der Waals surface area contributed by atoms with Gasteiger partial charge in [0.05, 0.1) is 29.7 Å². The van der Waals surface area contributed by atoms with Gasteiger partial charge in [0.2, 0.25) is 10.0 Å². The lowest BCUT2D eigenvalue weighted by molar-refractivity contribution is 0.540. The summed E-state index contributed by atoms with van der Waals surface area (Å²) in [6, 6.07) is 14.2. The topological polar surface area (TPSA) is 101 Å². The van der Waals surface area contributed by atoms with Gasteiger partial charge in [-0.1, -0.05) is 43.3 Å². The van der Waals surface area contributed by atoms with Gasteiger partial charge in [-0.15, -0.1) is 0 Å². The fourth-order valence-electron chi connectivity index (χ4n) is 2.86. The number of sulfonamides is 1. The molecule has 4 aromatic rings. The number of nitrogens with one attached hydrogen (secondary N) is 2. The Labute approximate surface area is 160 Å². The summed E-state index contributed by atoms with van der Waals surface area (Å²) in [4.78, 5) is 7.74. The van der Waals surface area contributed by atoms with Crippen LogP contribution in [0.15, 0.2) is 59.6 Å². The Morgan fingerprint density at radius 2 is 1.93 bits per heavy atom. The molecule has 0 amide bonds. The second-order valence-corrected chi connectivity index (χ2v) is 8.23. The Hall–Kier alpha value is -2.62. The predicted molar refractivity (Wildman–Crippen MR) is 105 cm³/mol. The molecule has 0 bridgehead atoms. The van der Waals surface area contributed by atoms with E-state index in [9.17, 15) is 8.42 Å². The van der Waals surface area contributed by atoms with Crippen LogP contribution in [0.5, 0.6) is 0 Å². The molecule has 2 N–H and O–H groups in total. The number of hydrogen-bond acceptors (Lipinski definition) is 6. The monoisotopic (exact) mass is 399 g/mol. The molecule has 27 heavy (non-hydrogen) atoms. The molecule has 0 aliphatic heterocycles. The maximum Gasteiger partial charge on any atom is 0.243 e. The van der Waals surface area contributed by atoms with Crippen molar-refractivity contribution >= 4 is 32.8 Å². The summed E-state index contributed by atoms with van der Waals surface area (Å²) in [7, 11) is -3.78. The molecular formula is C18H17N5O2S2. The fourth-order valence-corrected chi connectivity index (χ4v) is 4.91. The first-order valence-electron chi connectivity index (χ1n) is 8.42. The summed E-state index contributed by atoms with van der Waals surface area (Å²) < 4.78 is 36.9. The molecule has 0 radical (unpaired) electrons. The molecule has 2 aromatic carbocycles. The van der Waals surface area contributed by atoms with E-state index in [4.69, 9.17) is 0 Å². The van der Waals surface area contributed by atoms with Crippen LogP contribution < -0.4 is 4.72 Å². The molecule has 0 aliphatic carbocycles. The zero-order chi connectivity index (χ0) is 18.9. The minimum absolute atomic E-state index is 0.127. The molecule has 0 spiro atoms. The van der Waals surface area contributed by atoms with Crippen molar-refractivity contribution < 1.29 is 8.42 Å². The van der Waals surface area contributed by atoms with Crippen LogP contribution >= 0.6 is 11.7 Å². The molecule has 1 atom stereocenters. The normalized spacial score (nSPS) is 13.1. The van der Waals surface area contributed by atoms with E-state index in [0.29, 0.717) is 23.3 Å². The highest BCUT2D eigenvalue weighted by molar-refractivity contribution is 7.89. The van der Waals surface area contributed by atoms with Gasteiger partial charge in [0, 0.05) is 0 Å². The molecule has 0 saturated heterocycles. The maximum atomic E-state index is 12.9. The van der Waals surface area contributed by atoms with E-state index in [1.54, 1.807) is 18.3 Å². The number of H-pyrrole nitrogens is 1. The van der Waals surface area contributed by atoms with Gasteiger partial charge >= 0.3 is 0 Å². The lowest BCUT2D eigenvalue weighted by atomic mass is 10.2. The second kappa shape index (κ2) is 7.18. The standard InChI is InChI=1S/C18H17N5O2S2/c1-2-13(18-19-11-15(20-18)12-7-4-3-5-8-12)23-27(24,25)16-10-6-9-14-17(16)22-26-21-14/h3-11,13,23H,2H2,1H3,(H,19,20). The summed E-state index contributed by atoms with van der Waals surface area (Å²) in [5.41, 5.74) is 2.79. The van der Waals surface area contributed by atoms with Crippen molar-refractivity contribution in [2.45, 2.75) is 24.3 Å². The average molecular weight is 400 g/mol. The Morgan fingerprint density at radius 3 is 2.70 bits per heavy atom. The van der Waals surface area contributed by atoms with Crippen molar-refractivity contribution in [2.24, 2.45) is 0 Å². The van der Waals surface area contributed by atoms with Crippen molar-refractivity contribution in [1.82, 2.24) is 23.4 Å². The van der Waals surface area contributed by atoms with Gasteiger partial charge in [-0.25, -0.2) is 18.1 Å². The zero-order valence-electron chi connectivity index (χ0n) is 14.5. The minimum atomic E-state index is -3.78. The first kappa shape index (κ1) is 17.8. The number of rotatable bonds is 6. The molecule has 0 saturated carbocycles. The number of imidazole rings is 1. The molecule has 2 aromatic heterocycles. The predicted octanol–water partition coefficient (Wildman–Crippen LogP) is 3.51. The van der Waals surface area contributed by atoms with Crippen LogP contribution in [0.3, 0.4) is 0 Å². The number of fused-ring (bicyclic) bond motifs is 1. The second-order valence-electron chi connectivity index (χ2n) is 6.02. The quantitative estimate of drug-likeness (QED) is 0.517. The van der Waals surface area contributed by atoms with E-state index >= 15 is 0 Å². The molecule has 0 aliphatic rings. The van der Waals surface area contributed by atoms with E-state index < -0.39 is 16.1 Å². The number of aromatic nitrogens is 4. The Bertz CT molecular complexity index is 1170. The highest BCUT2D eigenvalue weighted by Crippen LogP contribution is 2.25. The molecule has 7 nitrogen and oxygen atoms in total. The van der Waals surface area contributed by atoms with E-state index in [1.165, 1.54) is 6.07 Å². The van der Waals surface area contributed by atoms with Crippen LogP contribution in [0.1, 0.15) is 25.2 Å². The number of nitrogens with zero attached hydrogens (tertiary/aromatic N) is 3. The van der Waals surface area contributed by atoms with E-state index in [0.717, 1.165) is 23.0 Å². The molecule has 138 valence electrons. The summed E-state index contributed by atoms with van der Waals surface area (Å²) in [6.45, 7) is 1.91. The van der Waals surface area contributed by atoms with Crippen LogP contribution in [0, 0.1) is 0 Å². The first-order valence-corrected chi connectivity index (χ1v) is 10.6. The molecular weight excluding hydrogens is 382 g/mol. The van der Waals surface area contributed by atoms with Gasteiger partial charge in [0.1, 0.15) is 21.8 Å². The van der Waals surface area contributed by atoms with E-state index in [1.807, 2.05) is 37.3 Å². The number of hydrogen-bond donors (Lipinski definition) is 2. The molecule has 1 unspecified atom stereocenters. The van der Waals surface area contributed by atoms with Crippen LogP contribution in [0.2, 0.25) is 0 Å². The Balaban J connectivity index is 1.64. The van der Waals surface area contributed by atoms with Crippen molar-refractivity contribution in [3.63, 3.8) is 0 Å². The summed E-state index contributed by atoms with van der Waals surface area (Å²) in [6.07, 6.45) is 2.26. The maximum absolute atomic E-state index is 12.9. The van der Waals surface area contributed by atoms with Crippen LogP contribution in [0.4, 0.5) is 0 Å². The third-order valence-corrected chi connectivity index (χ3v) is 6.30. The average Bonchev–Trinajstić information content (AvgIpc) is 3.36. The molecule has 2 heterocycles. The van der Waals surface area contributed by atoms with Crippen molar-refractivity contribution in [1.29, 1.82) is 0 Å². The van der Waals surface area contributed by atoms with Gasteiger partial charge in [-0.2, -0.15) is 8.75 Å². The smallest absolute Gasteiger partial charge is 0.243 e. The van der Waals surface area contributed by atoms with E-state index in [-0.39, 0.29) is 4.90 Å². The molecule has 4 rings (SSSR count). The summed E-state index contributed by atoms with van der Waals surface area (Å²) in [5, 5.41) is 0. The van der Waals surface area contributed by atoms with E-state index in [2.05, 4.69) is 23.4 Å². The van der Waals surface area contributed by atoms with Gasteiger partial charge in [0.15, 0.2) is 0 Å². The zero-order valence-corrected chi connectivity index (χ0v) is 16.1. The van der Waals surface area contributed by atoms with Crippen LogP contribution in [-0.2, 0) is 10.0 Å². The minimum Gasteiger partial charge on any atom is -0.341 e. The SMILES string of the molecule is CCC(NS(=O)(=O)c1cccc2nsnc12)c1ncc(-c2ccccc2)[nH]1. The molecule has 9 heteroatoms. The number of benzene rings is 2. The lowest BCUT2D eigenvalue weighted by Crippen LogP contribution is -2.29. The Morgan fingerprint density at radius 1 is 1.11 bits per heavy atom.